The smallest absolute Gasteiger partial charge is 0.343 e. The number of esters is 1. The highest BCUT2D eigenvalue weighted by Gasteiger charge is 2.26. The van der Waals surface area contributed by atoms with Gasteiger partial charge in [0.15, 0.2) is 11.5 Å². The van der Waals surface area contributed by atoms with Crippen molar-refractivity contribution in [1.82, 2.24) is 0 Å². The van der Waals surface area contributed by atoms with Crippen LogP contribution in [0.1, 0.15) is 73.7 Å². The zero-order valence-electron chi connectivity index (χ0n) is 20.7. The van der Waals surface area contributed by atoms with Crippen LogP contribution in [0, 0.1) is 23.5 Å². The molecular weight excluding hydrogens is 472 g/mol. The fourth-order valence-electron chi connectivity index (χ4n) is 4.70. The molecule has 1 saturated carbocycles. The van der Waals surface area contributed by atoms with E-state index in [1.165, 1.54) is 37.5 Å². The predicted octanol–water partition coefficient (Wildman–Crippen LogP) is 8.61. The monoisotopic (exact) mass is 504 g/mol. The number of carbonyl (C=O) groups is 1. The second-order valence-electron chi connectivity index (χ2n) is 9.23. The standard InChI is InChI=1S/C29H32F4O3/c1-4-6-22(26(31)23(30)17-19-9-7-18(5-2)8-10-19)20-11-13-21(14-12-20)29(34)36-25-16-15-24(35-3)27(32)28(25)33/h4,11-16,18-19,22H,1,5-10,17H2,2-3H3/b26-23-. The summed E-state index contributed by atoms with van der Waals surface area (Å²) in [5.74, 6) is -6.05. The van der Waals surface area contributed by atoms with E-state index < -0.39 is 40.9 Å². The minimum Gasteiger partial charge on any atom is -0.494 e. The van der Waals surface area contributed by atoms with E-state index >= 15 is 4.39 Å². The molecule has 194 valence electrons. The molecule has 0 heterocycles. The predicted molar refractivity (Wildman–Crippen MR) is 131 cm³/mol. The summed E-state index contributed by atoms with van der Waals surface area (Å²) in [6.45, 7) is 5.82. The average Bonchev–Trinajstić information content (AvgIpc) is 2.90. The number of hydrogen-bond donors (Lipinski definition) is 0. The Bertz CT molecular complexity index is 1090. The Morgan fingerprint density at radius 1 is 1.00 bits per heavy atom. The van der Waals surface area contributed by atoms with E-state index in [9.17, 15) is 18.0 Å². The minimum absolute atomic E-state index is 0.0456. The Morgan fingerprint density at radius 3 is 2.17 bits per heavy atom. The van der Waals surface area contributed by atoms with Crippen LogP contribution < -0.4 is 9.47 Å². The second kappa shape index (κ2) is 12.7. The van der Waals surface area contributed by atoms with E-state index in [0.29, 0.717) is 11.5 Å². The molecule has 0 radical (unpaired) electrons. The molecule has 0 aliphatic heterocycles. The van der Waals surface area contributed by atoms with Gasteiger partial charge in [0, 0.05) is 12.3 Å². The molecule has 1 unspecified atom stereocenters. The van der Waals surface area contributed by atoms with Gasteiger partial charge in [-0.3, -0.25) is 0 Å². The van der Waals surface area contributed by atoms with E-state index in [1.807, 2.05) is 0 Å². The molecule has 2 aromatic carbocycles. The van der Waals surface area contributed by atoms with Gasteiger partial charge in [0.25, 0.3) is 0 Å². The number of rotatable bonds is 10. The molecule has 0 spiro atoms. The molecule has 1 atom stereocenters. The van der Waals surface area contributed by atoms with Crippen LogP contribution in [0.15, 0.2) is 60.7 Å². The van der Waals surface area contributed by atoms with Crippen LogP contribution in [-0.4, -0.2) is 13.1 Å². The summed E-state index contributed by atoms with van der Waals surface area (Å²) in [4.78, 5) is 12.4. The second-order valence-corrected chi connectivity index (χ2v) is 9.23. The number of halogens is 4. The largest absolute Gasteiger partial charge is 0.494 e. The van der Waals surface area contributed by atoms with Crippen molar-refractivity contribution in [3.63, 3.8) is 0 Å². The van der Waals surface area contributed by atoms with Crippen LogP contribution in [-0.2, 0) is 0 Å². The summed E-state index contributed by atoms with van der Waals surface area (Å²) < 4.78 is 67.8. The lowest BCUT2D eigenvalue weighted by atomic mass is 9.79. The van der Waals surface area contributed by atoms with Crippen LogP contribution in [0.3, 0.4) is 0 Å². The Morgan fingerprint density at radius 2 is 1.58 bits per heavy atom. The topological polar surface area (TPSA) is 35.5 Å². The summed E-state index contributed by atoms with van der Waals surface area (Å²) in [7, 11) is 1.19. The maximum Gasteiger partial charge on any atom is 0.343 e. The first-order chi connectivity index (χ1) is 17.3. The summed E-state index contributed by atoms with van der Waals surface area (Å²) in [5.41, 5.74) is 0.514. The fraction of sp³-hybridized carbons (Fsp3) is 0.414. The third-order valence-electron chi connectivity index (χ3n) is 6.96. The molecule has 2 aromatic rings. The van der Waals surface area contributed by atoms with Crippen molar-refractivity contribution in [2.45, 2.75) is 57.8 Å². The number of ether oxygens (including phenoxy) is 2. The van der Waals surface area contributed by atoms with Gasteiger partial charge in [0.05, 0.1) is 12.7 Å². The van der Waals surface area contributed by atoms with Crippen molar-refractivity contribution in [3.05, 3.63) is 83.5 Å². The molecule has 1 aliphatic carbocycles. The lowest BCUT2D eigenvalue weighted by Crippen LogP contribution is -2.14. The number of methoxy groups -OCH3 is 1. The molecule has 0 amide bonds. The normalized spacial score (nSPS) is 19.3. The van der Waals surface area contributed by atoms with Gasteiger partial charge in [-0.2, -0.15) is 8.78 Å². The van der Waals surface area contributed by atoms with Gasteiger partial charge in [-0.1, -0.05) is 44.4 Å². The molecule has 0 bridgehead atoms. The minimum atomic E-state index is -1.35. The molecule has 3 rings (SSSR count). The quantitative estimate of drug-likeness (QED) is 0.141. The SMILES string of the molecule is C=CCC(/C(F)=C(/F)CC1CCC(CC)CC1)c1ccc(C(=O)Oc2ccc(OC)c(F)c2F)cc1. The Hall–Kier alpha value is -3.09. The van der Waals surface area contributed by atoms with Crippen molar-refractivity contribution in [2.24, 2.45) is 11.8 Å². The van der Waals surface area contributed by atoms with Crippen molar-refractivity contribution < 1.29 is 31.8 Å². The summed E-state index contributed by atoms with van der Waals surface area (Å²) in [5, 5.41) is 0. The van der Waals surface area contributed by atoms with Crippen LogP contribution in [0.2, 0.25) is 0 Å². The van der Waals surface area contributed by atoms with E-state index in [4.69, 9.17) is 4.74 Å². The third kappa shape index (κ3) is 6.56. The zero-order chi connectivity index (χ0) is 26.2. The molecule has 7 heteroatoms. The molecular formula is C29H32F4O3. The summed E-state index contributed by atoms with van der Waals surface area (Å²) >= 11 is 0. The van der Waals surface area contributed by atoms with Crippen molar-refractivity contribution in [2.75, 3.05) is 7.11 Å². The number of allylic oxidation sites excluding steroid dienone is 3. The Balaban J connectivity index is 1.72. The van der Waals surface area contributed by atoms with Gasteiger partial charge in [-0.05, 0) is 60.9 Å². The van der Waals surface area contributed by atoms with Crippen molar-refractivity contribution in [1.29, 1.82) is 0 Å². The lowest BCUT2D eigenvalue weighted by molar-refractivity contribution is 0.0726. The van der Waals surface area contributed by atoms with E-state index in [1.54, 1.807) is 0 Å². The Kier molecular flexibility index (Phi) is 9.73. The highest BCUT2D eigenvalue weighted by atomic mass is 19.2. The molecule has 0 N–H and O–H groups in total. The zero-order valence-corrected chi connectivity index (χ0v) is 20.7. The Labute approximate surface area is 209 Å². The molecule has 0 aromatic heterocycles. The third-order valence-corrected chi connectivity index (χ3v) is 6.96. The van der Waals surface area contributed by atoms with Gasteiger partial charge in [-0.15, -0.1) is 6.58 Å². The number of benzene rings is 2. The molecule has 1 aliphatic rings. The first kappa shape index (κ1) is 27.5. The first-order valence-corrected chi connectivity index (χ1v) is 12.3. The van der Waals surface area contributed by atoms with Crippen LogP contribution in [0.4, 0.5) is 17.6 Å². The molecule has 3 nitrogen and oxygen atoms in total. The van der Waals surface area contributed by atoms with E-state index in [2.05, 4.69) is 18.2 Å². The van der Waals surface area contributed by atoms with Gasteiger partial charge in [-0.25, -0.2) is 13.6 Å². The highest BCUT2D eigenvalue weighted by molar-refractivity contribution is 5.91. The van der Waals surface area contributed by atoms with Gasteiger partial charge in [0.2, 0.25) is 11.6 Å². The highest BCUT2D eigenvalue weighted by Crippen LogP contribution is 2.38. The van der Waals surface area contributed by atoms with Crippen LogP contribution >= 0.6 is 0 Å². The van der Waals surface area contributed by atoms with Crippen LogP contribution in [0.25, 0.3) is 0 Å². The maximum atomic E-state index is 15.2. The summed E-state index contributed by atoms with van der Waals surface area (Å²) in [6, 6.07) is 7.97. The molecule has 1 fully saturated rings. The number of carbonyl (C=O) groups excluding carboxylic acids is 1. The number of hydrogen-bond acceptors (Lipinski definition) is 3. The van der Waals surface area contributed by atoms with E-state index in [0.717, 1.165) is 44.2 Å². The molecule has 36 heavy (non-hydrogen) atoms. The van der Waals surface area contributed by atoms with Gasteiger partial charge in [0.1, 0.15) is 11.7 Å². The fourth-order valence-corrected chi connectivity index (χ4v) is 4.70. The first-order valence-electron chi connectivity index (χ1n) is 12.3. The van der Waals surface area contributed by atoms with Crippen molar-refractivity contribution >= 4 is 5.97 Å². The van der Waals surface area contributed by atoms with E-state index in [-0.39, 0.29) is 30.1 Å². The maximum absolute atomic E-state index is 15.2. The average molecular weight is 505 g/mol. The van der Waals surface area contributed by atoms with Crippen molar-refractivity contribution in [3.8, 4) is 11.5 Å². The lowest BCUT2D eigenvalue weighted by Gasteiger charge is -2.27. The van der Waals surface area contributed by atoms with Crippen LogP contribution in [0.5, 0.6) is 11.5 Å². The van der Waals surface area contributed by atoms with Gasteiger partial charge < -0.3 is 9.47 Å². The van der Waals surface area contributed by atoms with Gasteiger partial charge >= 0.3 is 5.97 Å². The summed E-state index contributed by atoms with van der Waals surface area (Å²) in [6.07, 6.45) is 6.82. The molecule has 0 saturated heterocycles.